The average molecular weight is 231 g/mol. The van der Waals surface area contributed by atoms with E-state index in [-0.39, 0.29) is 29.4 Å². The Balaban J connectivity index is 2.07. The van der Waals surface area contributed by atoms with Crippen LogP contribution in [0.4, 0.5) is 0 Å². The van der Waals surface area contributed by atoms with Crippen molar-refractivity contribution in [3.8, 4) is 5.75 Å². The molecule has 2 aliphatic rings. The minimum atomic E-state index is -0.177. The zero-order valence-electron chi connectivity index (χ0n) is 10.4. The van der Waals surface area contributed by atoms with Gasteiger partial charge in [-0.1, -0.05) is 39.0 Å². The predicted octanol–water partition coefficient (Wildman–Crippen LogP) is 2.28. The molecule has 17 heavy (non-hydrogen) atoms. The van der Waals surface area contributed by atoms with Crippen molar-refractivity contribution < 1.29 is 9.53 Å². The Labute approximate surface area is 101 Å². The summed E-state index contributed by atoms with van der Waals surface area (Å²) in [6, 6.07) is 8.01. The first-order chi connectivity index (χ1) is 7.98. The highest BCUT2D eigenvalue weighted by atomic mass is 16.5. The van der Waals surface area contributed by atoms with Crippen molar-refractivity contribution >= 4 is 5.91 Å². The van der Waals surface area contributed by atoms with Crippen molar-refractivity contribution in [2.24, 2.45) is 11.3 Å². The van der Waals surface area contributed by atoms with Crippen LogP contribution in [0.25, 0.3) is 0 Å². The zero-order valence-corrected chi connectivity index (χ0v) is 10.4. The third-order valence-electron chi connectivity index (χ3n) is 3.72. The van der Waals surface area contributed by atoms with Gasteiger partial charge in [-0.15, -0.1) is 0 Å². The van der Waals surface area contributed by atoms with Crippen molar-refractivity contribution in [3.63, 3.8) is 0 Å². The topological polar surface area (TPSA) is 38.3 Å². The molecular formula is C14H17NO2. The molecule has 90 valence electrons. The first-order valence-corrected chi connectivity index (χ1v) is 6.04. The molecule has 0 bridgehead atoms. The number of para-hydroxylation sites is 1. The van der Waals surface area contributed by atoms with Crippen molar-refractivity contribution in [2.45, 2.75) is 32.9 Å². The van der Waals surface area contributed by atoms with E-state index in [0.29, 0.717) is 0 Å². The highest BCUT2D eigenvalue weighted by Crippen LogP contribution is 2.50. The third-order valence-corrected chi connectivity index (χ3v) is 3.72. The van der Waals surface area contributed by atoms with Gasteiger partial charge in [0.2, 0.25) is 5.91 Å². The first-order valence-electron chi connectivity index (χ1n) is 6.04. The third kappa shape index (κ3) is 1.45. The van der Waals surface area contributed by atoms with Gasteiger partial charge in [0.15, 0.2) is 6.23 Å². The van der Waals surface area contributed by atoms with Crippen LogP contribution >= 0.6 is 0 Å². The van der Waals surface area contributed by atoms with Crippen LogP contribution in [0.5, 0.6) is 5.75 Å². The Morgan fingerprint density at radius 3 is 2.65 bits per heavy atom. The summed E-state index contributed by atoms with van der Waals surface area (Å²) < 4.78 is 5.79. The largest absolute Gasteiger partial charge is 0.470 e. The van der Waals surface area contributed by atoms with Crippen LogP contribution in [0.2, 0.25) is 0 Å². The van der Waals surface area contributed by atoms with Crippen LogP contribution in [0.3, 0.4) is 0 Å². The highest BCUT2D eigenvalue weighted by molar-refractivity contribution is 5.84. The summed E-state index contributed by atoms with van der Waals surface area (Å²) in [6.07, 6.45) is -0.177. The van der Waals surface area contributed by atoms with Crippen molar-refractivity contribution in [1.82, 2.24) is 5.32 Å². The summed E-state index contributed by atoms with van der Waals surface area (Å²) in [5, 5.41) is 2.96. The number of hydrogen-bond acceptors (Lipinski definition) is 2. The second-order valence-electron chi connectivity index (χ2n) is 5.95. The monoisotopic (exact) mass is 231 g/mol. The number of ether oxygens (including phenoxy) is 1. The number of amides is 1. The molecule has 0 unspecified atom stereocenters. The summed E-state index contributed by atoms with van der Waals surface area (Å²) in [5.74, 6) is 1.16. The van der Waals surface area contributed by atoms with Gasteiger partial charge in [-0.05, 0) is 11.5 Å². The van der Waals surface area contributed by atoms with Gasteiger partial charge in [0.05, 0.1) is 11.8 Å². The van der Waals surface area contributed by atoms with Gasteiger partial charge in [-0.25, -0.2) is 0 Å². The zero-order chi connectivity index (χ0) is 12.2. The standard InChI is InChI=1S/C14H17NO2/c1-14(2,3)11-10-8-6-4-5-7-9(8)17-13(10)15-12(11)16/h4-7,10-11,13H,1-3H3,(H,15,16)/t10-,11-,13-/m0/s1. The van der Waals surface area contributed by atoms with Crippen molar-refractivity contribution in [2.75, 3.05) is 0 Å². The molecule has 3 nitrogen and oxygen atoms in total. The van der Waals surface area contributed by atoms with Crippen LogP contribution in [0.1, 0.15) is 32.3 Å². The fourth-order valence-electron chi connectivity index (χ4n) is 3.04. The Bertz CT molecular complexity index is 475. The molecule has 2 heterocycles. The van der Waals surface area contributed by atoms with E-state index in [1.807, 2.05) is 18.2 Å². The molecular weight excluding hydrogens is 214 g/mol. The summed E-state index contributed by atoms with van der Waals surface area (Å²) in [6.45, 7) is 6.34. The molecule has 1 saturated heterocycles. The van der Waals surface area contributed by atoms with E-state index in [2.05, 4.69) is 32.2 Å². The van der Waals surface area contributed by atoms with Crippen LogP contribution in [0, 0.1) is 11.3 Å². The molecule has 0 aromatic heterocycles. The molecule has 1 aromatic rings. The van der Waals surface area contributed by atoms with Crippen molar-refractivity contribution in [1.29, 1.82) is 0 Å². The van der Waals surface area contributed by atoms with E-state index < -0.39 is 0 Å². The number of fused-ring (bicyclic) bond motifs is 3. The maximum atomic E-state index is 12.1. The van der Waals surface area contributed by atoms with Gasteiger partial charge in [0.25, 0.3) is 0 Å². The Morgan fingerprint density at radius 1 is 1.24 bits per heavy atom. The highest BCUT2D eigenvalue weighted by Gasteiger charge is 2.53. The fourth-order valence-corrected chi connectivity index (χ4v) is 3.04. The lowest BCUT2D eigenvalue weighted by molar-refractivity contribution is -0.125. The van der Waals surface area contributed by atoms with Crippen LogP contribution in [-0.4, -0.2) is 12.1 Å². The lowest BCUT2D eigenvalue weighted by Crippen LogP contribution is -2.32. The summed E-state index contributed by atoms with van der Waals surface area (Å²) >= 11 is 0. The second kappa shape index (κ2) is 3.25. The molecule has 0 spiro atoms. The Morgan fingerprint density at radius 2 is 1.94 bits per heavy atom. The van der Waals surface area contributed by atoms with Crippen LogP contribution < -0.4 is 10.1 Å². The SMILES string of the molecule is CC(C)(C)[C@@H]1C(=O)N[C@H]2Oc3ccccc3[C@@H]12. The van der Waals surface area contributed by atoms with E-state index >= 15 is 0 Å². The molecule has 3 atom stereocenters. The summed E-state index contributed by atoms with van der Waals surface area (Å²) in [5.41, 5.74) is 1.11. The smallest absolute Gasteiger partial charge is 0.227 e. The molecule has 1 fully saturated rings. The molecule has 3 heteroatoms. The molecule has 1 aromatic carbocycles. The summed E-state index contributed by atoms with van der Waals surface area (Å²) in [7, 11) is 0. The van der Waals surface area contributed by atoms with Gasteiger partial charge in [-0.3, -0.25) is 4.79 Å². The normalized spacial score (nSPS) is 30.5. The predicted molar refractivity (Wildman–Crippen MR) is 64.7 cm³/mol. The van der Waals surface area contributed by atoms with Gasteiger partial charge in [0.1, 0.15) is 5.75 Å². The number of carbonyl (C=O) groups excluding carboxylic acids is 1. The lowest BCUT2D eigenvalue weighted by atomic mass is 9.72. The van der Waals surface area contributed by atoms with E-state index in [9.17, 15) is 4.79 Å². The maximum Gasteiger partial charge on any atom is 0.227 e. The van der Waals surface area contributed by atoms with E-state index in [1.165, 1.54) is 0 Å². The molecule has 0 radical (unpaired) electrons. The average Bonchev–Trinajstić information content (AvgIpc) is 2.70. The van der Waals surface area contributed by atoms with Gasteiger partial charge in [0, 0.05) is 5.56 Å². The Hall–Kier alpha value is -1.51. The minimum absolute atomic E-state index is 0.0175. The number of rotatable bonds is 0. The molecule has 2 aliphatic heterocycles. The van der Waals surface area contributed by atoms with E-state index in [1.54, 1.807) is 0 Å². The lowest BCUT2D eigenvalue weighted by Gasteiger charge is -2.28. The summed E-state index contributed by atoms with van der Waals surface area (Å²) in [4.78, 5) is 12.1. The van der Waals surface area contributed by atoms with Crippen LogP contribution in [0.15, 0.2) is 24.3 Å². The van der Waals surface area contributed by atoms with E-state index in [4.69, 9.17) is 4.74 Å². The number of carbonyl (C=O) groups is 1. The van der Waals surface area contributed by atoms with Crippen LogP contribution in [-0.2, 0) is 4.79 Å². The number of hydrogen-bond donors (Lipinski definition) is 1. The molecule has 1 N–H and O–H groups in total. The molecule has 1 amide bonds. The fraction of sp³-hybridized carbons (Fsp3) is 0.500. The second-order valence-corrected chi connectivity index (χ2v) is 5.95. The molecule has 0 saturated carbocycles. The quantitative estimate of drug-likeness (QED) is 0.744. The van der Waals surface area contributed by atoms with Crippen molar-refractivity contribution in [3.05, 3.63) is 29.8 Å². The minimum Gasteiger partial charge on any atom is -0.470 e. The maximum absolute atomic E-state index is 12.1. The number of benzene rings is 1. The molecule has 0 aliphatic carbocycles. The van der Waals surface area contributed by atoms with Gasteiger partial charge >= 0.3 is 0 Å². The first kappa shape index (κ1) is 10.6. The van der Waals surface area contributed by atoms with E-state index in [0.717, 1.165) is 11.3 Å². The molecule has 3 rings (SSSR count). The van der Waals surface area contributed by atoms with Gasteiger partial charge < -0.3 is 10.1 Å². The number of nitrogens with one attached hydrogen (secondary N) is 1. The Kier molecular flexibility index (Phi) is 2.03. The van der Waals surface area contributed by atoms with Gasteiger partial charge in [-0.2, -0.15) is 0 Å².